The minimum atomic E-state index is -0.591. The predicted octanol–water partition coefficient (Wildman–Crippen LogP) is -0.237. The molecule has 0 aromatic heterocycles. The summed E-state index contributed by atoms with van der Waals surface area (Å²) in [5, 5.41) is 4.82. The summed E-state index contributed by atoms with van der Waals surface area (Å²) in [4.78, 5) is 32.2. The molecule has 0 unspecified atom stereocenters. The average Bonchev–Trinajstić information content (AvgIpc) is 2.13. The van der Waals surface area contributed by atoms with Gasteiger partial charge in [0.2, 0.25) is 18.1 Å². The Hall–Kier alpha value is -1.39. The molecule has 0 aromatic rings. The number of hydrogen-bond acceptors (Lipinski definition) is 3. The van der Waals surface area contributed by atoms with Crippen LogP contribution in [-0.4, -0.2) is 30.7 Å². The van der Waals surface area contributed by atoms with Gasteiger partial charge in [-0.1, -0.05) is 13.8 Å². The zero-order valence-corrected chi connectivity index (χ0v) is 9.29. The van der Waals surface area contributed by atoms with Crippen LogP contribution in [0.2, 0.25) is 0 Å². The zero-order chi connectivity index (χ0) is 11.8. The van der Waals surface area contributed by atoms with Gasteiger partial charge in [-0.2, -0.15) is 0 Å². The van der Waals surface area contributed by atoms with Crippen molar-refractivity contribution in [2.75, 3.05) is 6.54 Å². The van der Waals surface area contributed by atoms with Crippen molar-refractivity contribution in [1.29, 1.82) is 0 Å². The van der Waals surface area contributed by atoms with Crippen LogP contribution in [-0.2, 0) is 14.4 Å². The van der Waals surface area contributed by atoms with Gasteiger partial charge in [0.15, 0.2) is 0 Å². The first-order valence-corrected chi connectivity index (χ1v) is 4.87. The number of carbonyl (C=O) groups excluding carboxylic acids is 3. The van der Waals surface area contributed by atoms with Crippen LogP contribution in [0.15, 0.2) is 0 Å². The molecule has 0 saturated carbocycles. The predicted molar refractivity (Wildman–Crippen MR) is 55.8 cm³/mol. The summed E-state index contributed by atoms with van der Waals surface area (Å²) in [6, 6.07) is -0.591. The van der Waals surface area contributed by atoms with Gasteiger partial charge in [-0.05, 0) is 12.3 Å². The molecule has 1 radical (unpaired) electrons. The van der Waals surface area contributed by atoms with E-state index in [0.29, 0.717) is 12.3 Å². The molecule has 0 aliphatic carbocycles. The molecule has 0 saturated heterocycles. The highest BCUT2D eigenvalue weighted by Gasteiger charge is 2.13. The second-order valence-corrected chi connectivity index (χ2v) is 3.78. The van der Waals surface area contributed by atoms with Crippen LogP contribution in [0.3, 0.4) is 0 Å². The summed E-state index contributed by atoms with van der Waals surface area (Å²) in [6.07, 6.45) is 2.31. The maximum Gasteiger partial charge on any atom is 0.239 e. The van der Waals surface area contributed by atoms with Crippen LogP contribution in [0, 0.1) is 5.92 Å². The van der Waals surface area contributed by atoms with E-state index >= 15 is 0 Å². The van der Waals surface area contributed by atoms with E-state index in [2.05, 4.69) is 10.6 Å². The molecule has 0 spiro atoms. The van der Waals surface area contributed by atoms with Crippen molar-refractivity contribution < 1.29 is 14.4 Å². The van der Waals surface area contributed by atoms with Gasteiger partial charge in [0, 0.05) is 6.92 Å². The van der Waals surface area contributed by atoms with Gasteiger partial charge in [-0.15, -0.1) is 0 Å². The second kappa shape index (κ2) is 6.98. The van der Waals surface area contributed by atoms with Crippen molar-refractivity contribution >= 4 is 18.1 Å². The van der Waals surface area contributed by atoms with Crippen molar-refractivity contribution in [3.05, 3.63) is 0 Å². The molecule has 85 valence electrons. The summed E-state index contributed by atoms with van der Waals surface area (Å²) in [5.41, 5.74) is 0. The maximum absolute atomic E-state index is 11.2. The Labute approximate surface area is 89.6 Å². The minimum Gasteiger partial charge on any atom is -0.347 e. The molecule has 2 N–H and O–H groups in total. The third-order valence-electron chi connectivity index (χ3n) is 1.68. The third-order valence-corrected chi connectivity index (χ3v) is 1.68. The highest BCUT2D eigenvalue weighted by Crippen LogP contribution is 2.02. The Kier molecular flexibility index (Phi) is 6.33. The van der Waals surface area contributed by atoms with E-state index < -0.39 is 6.04 Å². The van der Waals surface area contributed by atoms with Gasteiger partial charge < -0.3 is 10.6 Å². The van der Waals surface area contributed by atoms with E-state index in [1.54, 1.807) is 6.29 Å². The van der Waals surface area contributed by atoms with Gasteiger partial charge in [-0.3, -0.25) is 14.4 Å². The zero-order valence-electron chi connectivity index (χ0n) is 9.29. The van der Waals surface area contributed by atoms with Crippen molar-refractivity contribution in [3.8, 4) is 0 Å². The summed E-state index contributed by atoms with van der Waals surface area (Å²) >= 11 is 0. The molecule has 0 rings (SSSR count). The Morgan fingerprint density at radius 2 is 1.93 bits per heavy atom. The molecule has 0 aromatic carbocycles. The fraction of sp³-hybridized carbons (Fsp3) is 0.700. The molecule has 0 fully saturated rings. The lowest BCUT2D eigenvalue weighted by atomic mass is 10.1. The SMILES string of the molecule is CC(=O)NCC(=O)N[C@H]([C]=O)CC(C)C. The quantitative estimate of drug-likeness (QED) is 0.639. The third kappa shape index (κ3) is 7.66. The average molecular weight is 213 g/mol. The number of hydrogen-bond donors (Lipinski definition) is 2. The van der Waals surface area contributed by atoms with Crippen LogP contribution >= 0.6 is 0 Å². The summed E-state index contributed by atoms with van der Waals surface area (Å²) < 4.78 is 0. The van der Waals surface area contributed by atoms with Crippen molar-refractivity contribution in [2.24, 2.45) is 5.92 Å². The van der Waals surface area contributed by atoms with Crippen LogP contribution in [0.1, 0.15) is 27.2 Å². The molecular weight excluding hydrogens is 196 g/mol. The first kappa shape index (κ1) is 13.6. The van der Waals surface area contributed by atoms with Crippen molar-refractivity contribution in [2.45, 2.75) is 33.2 Å². The van der Waals surface area contributed by atoms with Crippen LogP contribution in [0.25, 0.3) is 0 Å². The monoisotopic (exact) mass is 213 g/mol. The lowest BCUT2D eigenvalue weighted by molar-refractivity contribution is -0.125. The van der Waals surface area contributed by atoms with Gasteiger partial charge in [0.25, 0.3) is 0 Å². The normalized spacial score (nSPS) is 12.0. The molecule has 1 atom stereocenters. The second-order valence-electron chi connectivity index (χ2n) is 3.78. The van der Waals surface area contributed by atoms with Gasteiger partial charge in [-0.25, -0.2) is 0 Å². The summed E-state index contributed by atoms with van der Waals surface area (Å²) in [5.74, 6) is -0.350. The van der Waals surface area contributed by atoms with E-state index in [-0.39, 0.29) is 18.4 Å². The first-order chi connectivity index (χ1) is 6.95. The Balaban J connectivity index is 3.90. The van der Waals surface area contributed by atoms with E-state index in [1.165, 1.54) is 6.92 Å². The number of rotatable bonds is 6. The minimum absolute atomic E-state index is 0.106. The standard InChI is InChI=1S/C10H17N2O3/c1-7(2)4-9(6-13)12-10(15)5-11-8(3)14/h7,9H,4-5H2,1-3H3,(H,11,14)(H,12,15)/t9-/m0/s1. The Morgan fingerprint density at radius 3 is 2.33 bits per heavy atom. The molecule has 5 heteroatoms. The molecule has 5 nitrogen and oxygen atoms in total. The number of nitrogens with one attached hydrogen (secondary N) is 2. The highest BCUT2D eigenvalue weighted by atomic mass is 16.2. The van der Waals surface area contributed by atoms with Gasteiger partial charge >= 0.3 is 0 Å². The smallest absolute Gasteiger partial charge is 0.239 e. The van der Waals surface area contributed by atoms with Crippen molar-refractivity contribution in [3.63, 3.8) is 0 Å². The highest BCUT2D eigenvalue weighted by molar-refractivity contribution is 5.85. The largest absolute Gasteiger partial charge is 0.347 e. The molecular formula is C10H17N2O3. The fourth-order valence-corrected chi connectivity index (χ4v) is 1.06. The molecule has 0 aliphatic heterocycles. The van der Waals surface area contributed by atoms with Crippen LogP contribution in [0.5, 0.6) is 0 Å². The molecule has 2 amide bonds. The first-order valence-electron chi connectivity index (χ1n) is 4.87. The maximum atomic E-state index is 11.2. The molecule has 0 bridgehead atoms. The van der Waals surface area contributed by atoms with Crippen LogP contribution in [0.4, 0.5) is 0 Å². The lowest BCUT2D eigenvalue weighted by Gasteiger charge is -2.13. The Morgan fingerprint density at radius 1 is 1.33 bits per heavy atom. The van der Waals surface area contributed by atoms with Crippen molar-refractivity contribution in [1.82, 2.24) is 10.6 Å². The topological polar surface area (TPSA) is 75.3 Å². The molecule has 0 aliphatic rings. The van der Waals surface area contributed by atoms with Gasteiger partial charge in [0.05, 0.1) is 12.6 Å². The summed E-state index contributed by atoms with van der Waals surface area (Å²) in [7, 11) is 0. The molecule has 15 heavy (non-hydrogen) atoms. The summed E-state index contributed by atoms with van der Waals surface area (Å²) in [6.45, 7) is 5.12. The lowest BCUT2D eigenvalue weighted by Crippen LogP contribution is -2.42. The van der Waals surface area contributed by atoms with E-state index in [9.17, 15) is 14.4 Å². The number of amides is 2. The Bertz CT molecular complexity index is 239. The van der Waals surface area contributed by atoms with E-state index in [0.717, 1.165) is 0 Å². The van der Waals surface area contributed by atoms with E-state index in [1.807, 2.05) is 13.8 Å². The fourth-order valence-electron chi connectivity index (χ4n) is 1.06. The van der Waals surface area contributed by atoms with E-state index in [4.69, 9.17) is 0 Å². The van der Waals surface area contributed by atoms with Crippen LogP contribution < -0.4 is 10.6 Å². The van der Waals surface area contributed by atoms with Gasteiger partial charge in [0.1, 0.15) is 0 Å². The number of carbonyl (C=O) groups is 2. The molecule has 0 heterocycles.